The molecule has 2 N–H and O–H groups in total. The molecule has 0 aromatic carbocycles. The van der Waals surface area contributed by atoms with E-state index in [1.807, 2.05) is 0 Å². The van der Waals surface area contributed by atoms with Crippen LogP contribution in [0.3, 0.4) is 0 Å². The number of carboxylic acids is 1. The van der Waals surface area contributed by atoms with E-state index < -0.39 is 22.0 Å². The van der Waals surface area contributed by atoms with Gasteiger partial charge in [0.1, 0.15) is 6.04 Å². The normalized spacial score (nSPS) is 13.3. The molecule has 1 heterocycles. The van der Waals surface area contributed by atoms with Gasteiger partial charge in [-0.2, -0.15) is 4.72 Å². The Kier molecular flexibility index (Phi) is 6.59. The number of sulfonamides is 1. The Morgan fingerprint density at radius 2 is 2.25 bits per heavy atom. The van der Waals surface area contributed by atoms with Crippen LogP contribution in [0.25, 0.3) is 0 Å². The Morgan fingerprint density at radius 1 is 1.60 bits per heavy atom. The molecule has 1 aromatic heterocycles. The van der Waals surface area contributed by atoms with Gasteiger partial charge < -0.3 is 9.84 Å². The molecule has 0 aliphatic carbocycles. The van der Waals surface area contributed by atoms with Crippen molar-refractivity contribution in [2.45, 2.75) is 30.7 Å². The van der Waals surface area contributed by atoms with E-state index in [0.29, 0.717) is 21.7 Å². The van der Waals surface area contributed by atoms with Crippen molar-refractivity contribution in [1.82, 2.24) is 4.72 Å². The van der Waals surface area contributed by atoms with Gasteiger partial charge in [-0.15, -0.1) is 11.3 Å². The predicted molar refractivity (Wildman–Crippen MR) is 79.6 cm³/mol. The highest BCUT2D eigenvalue weighted by Crippen LogP contribution is 2.29. The van der Waals surface area contributed by atoms with Crippen molar-refractivity contribution in [1.29, 1.82) is 0 Å². The Morgan fingerprint density at radius 3 is 2.70 bits per heavy atom. The summed E-state index contributed by atoms with van der Waals surface area (Å²) < 4.78 is 32.1. The standard InChI is InChI=1S/C11H16BrNO5S2/c1-7-9(6-10(12)19-7)20(16,17)13-8(11(14)15)4-3-5-18-2/h6,8,13H,3-5H2,1-2H3,(H,14,15). The van der Waals surface area contributed by atoms with Crippen molar-refractivity contribution in [2.75, 3.05) is 13.7 Å². The van der Waals surface area contributed by atoms with E-state index >= 15 is 0 Å². The van der Waals surface area contributed by atoms with Crippen LogP contribution < -0.4 is 4.72 Å². The zero-order chi connectivity index (χ0) is 15.3. The third-order valence-corrected chi connectivity index (χ3v) is 5.85. The fourth-order valence-electron chi connectivity index (χ4n) is 1.61. The van der Waals surface area contributed by atoms with Crippen LogP contribution in [0.15, 0.2) is 14.7 Å². The summed E-state index contributed by atoms with van der Waals surface area (Å²) >= 11 is 4.50. The van der Waals surface area contributed by atoms with Gasteiger partial charge in [0, 0.05) is 18.6 Å². The number of hydrogen-bond acceptors (Lipinski definition) is 5. The van der Waals surface area contributed by atoms with Gasteiger partial charge in [-0.25, -0.2) is 8.42 Å². The fraction of sp³-hybridized carbons (Fsp3) is 0.545. The highest BCUT2D eigenvalue weighted by atomic mass is 79.9. The lowest BCUT2D eigenvalue weighted by molar-refractivity contribution is -0.139. The first-order chi connectivity index (χ1) is 9.27. The Bertz CT molecular complexity index is 569. The molecule has 20 heavy (non-hydrogen) atoms. The summed E-state index contributed by atoms with van der Waals surface area (Å²) in [5.41, 5.74) is 0. The van der Waals surface area contributed by atoms with E-state index in [0.717, 1.165) is 0 Å². The second-order valence-electron chi connectivity index (χ2n) is 4.12. The van der Waals surface area contributed by atoms with Crippen LogP contribution in [0.1, 0.15) is 17.7 Å². The first-order valence-electron chi connectivity index (χ1n) is 5.78. The van der Waals surface area contributed by atoms with Crippen LogP contribution >= 0.6 is 27.3 Å². The summed E-state index contributed by atoms with van der Waals surface area (Å²) in [6.45, 7) is 2.05. The molecule has 9 heteroatoms. The van der Waals surface area contributed by atoms with Gasteiger partial charge >= 0.3 is 5.97 Å². The zero-order valence-corrected chi connectivity index (χ0v) is 14.3. The van der Waals surface area contributed by atoms with Crippen molar-refractivity contribution in [3.8, 4) is 0 Å². The number of thiophene rings is 1. The maximum atomic E-state index is 12.2. The van der Waals surface area contributed by atoms with Crippen LogP contribution in [-0.2, 0) is 19.6 Å². The first kappa shape index (κ1) is 17.6. The van der Waals surface area contributed by atoms with E-state index in [9.17, 15) is 13.2 Å². The average molecular weight is 386 g/mol. The first-order valence-corrected chi connectivity index (χ1v) is 8.87. The van der Waals surface area contributed by atoms with Gasteiger partial charge in [0.15, 0.2) is 0 Å². The van der Waals surface area contributed by atoms with Crippen LogP contribution in [-0.4, -0.2) is 39.3 Å². The Balaban J connectivity index is 2.86. The molecule has 0 spiro atoms. The number of hydrogen-bond donors (Lipinski definition) is 2. The summed E-state index contributed by atoms with van der Waals surface area (Å²) in [5.74, 6) is -1.20. The molecule has 0 aliphatic rings. The quantitative estimate of drug-likeness (QED) is 0.667. The van der Waals surface area contributed by atoms with Crippen molar-refractivity contribution in [3.63, 3.8) is 0 Å². The number of carbonyl (C=O) groups is 1. The molecule has 0 bridgehead atoms. The van der Waals surface area contributed by atoms with Gasteiger partial charge in [-0.3, -0.25) is 4.79 Å². The highest BCUT2D eigenvalue weighted by molar-refractivity contribution is 9.11. The summed E-state index contributed by atoms with van der Waals surface area (Å²) in [7, 11) is -2.34. The fourth-order valence-corrected chi connectivity index (χ4v) is 5.25. The van der Waals surface area contributed by atoms with Gasteiger partial charge in [-0.05, 0) is 41.8 Å². The maximum absolute atomic E-state index is 12.2. The molecule has 0 amide bonds. The molecule has 0 fully saturated rings. The molecule has 114 valence electrons. The van der Waals surface area contributed by atoms with Crippen molar-refractivity contribution in [3.05, 3.63) is 14.7 Å². The van der Waals surface area contributed by atoms with Crippen molar-refractivity contribution < 1.29 is 23.1 Å². The van der Waals surface area contributed by atoms with Crippen molar-refractivity contribution >= 4 is 43.3 Å². The van der Waals surface area contributed by atoms with E-state index in [2.05, 4.69) is 20.7 Å². The monoisotopic (exact) mass is 385 g/mol. The number of nitrogens with one attached hydrogen (secondary N) is 1. The largest absolute Gasteiger partial charge is 0.480 e. The summed E-state index contributed by atoms with van der Waals surface area (Å²) in [4.78, 5) is 11.8. The minimum absolute atomic E-state index is 0.104. The van der Waals surface area contributed by atoms with Gasteiger partial charge in [-0.1, -0.05) is 0 Å². The third-order valence-electron chi connectivity index (χ3n) is 2.57. The molecule has 1 atom stereocenters. The lowest BCUT2D eigenvalue weighted by atomic mass is 10.2. The third kappa shape index (κ3) is 4.81. The number of methoxy groups -OCH3 is 1. The predicted octanol–water partition coefficient (Wildman–Crippen LogP) is 1.98. The second kappa shape index (κ2) is 7.51. The summed E-state index contributed by atoms with van der Waals surface area (Å²) in [6, 6.07) is 0.310. The minimum Gasteiger partial charge on any atom is -0.480 e. The number of ether oxygens (including phenoxy) is 1. The molecule has 0 saturated carbocycles. The molecule has 0 radical (unpaired) electrons. The minimum atomic E-state index is -3.84. The number of aryl methyl sites for hydroxylation is 1. The molecule has 1 unspecified atom stereocenters. The number of halogens is 1. The summed E-state index contributed by atoms with van der Waals surface area (Å²) in [6.07, 6.45) is 0.634. The number of carboxylic acid groups (broad SMARTS) is 1. The molecule has 0 saturated heterocycles. The van der Waals surface area contributed by atoms with E-state index in [-0.39, 0.29) is 11.3 Å². The molecular weight excluding hydrogens is 370 g/mol. The average Bonchev–Trinajstić information content (AvgIpc) is 2.68. The molecule has 1 rings (SSSR count). The van der Waals surface area contributed by atoms with Crippen LogP contribution in [0.2, 0.25) is 0 Å². The molecular formula is C11H16BrNO5S2. The summed E-state index contributed by atoms with van der Waals surface area (Å²) in [5, 5.41) is 9.08. The SMILES string of the molecule is COCCCC(NS(=O)(=O)c1cc(Br)sc1C)C(=O)O. The van der Waals surface area contributed by atoms with Crippen molar-refractivity contribution in [2.24, 2.45) is 0 Å². The van der Waals surface area contributed by atoms with Crippen LogP contribution in [0.4, 0.5) is 0 Å². The number of aliphatic carboxylic acids is 1. The topological polar surface area (TPSA) is 92.7 Å². The van der Waals surface area contributed by atoms with Gasteiger partial charge in [0.25, 0.3) is 0 Å². The molecule has 1 aromatic rings. The smallest absolute Gasteiger partial charge is 0.321 e. The van der Waals surface area contributed by atoms with Gasteiger partial charge in [0.05, 0.1) is 8.68 Å². The number of rotatable bonds is 8. The Hall–Kier alpha value is -0.480. The zero-order valence-electron chi connectivity index (χ0n) is 11.1. The van der Waals surface area contributed by atoms with E-state index in [1.165, 1.54) is 24.5 Å². The lowest BCUT2D eigenvalue weighted by Crippen LogP contribution is -2.40. The Labute approximate surface area is 130 Å². The van der Waals surface area contributed by atoms with E-state index in [1.54, 1.807) is 6.92 Å². The van der Waals surface area contributed by atoms with Crippen LogP contribution in [0.5, 0.6) is 0 Å². The maximum Gasteiger partial charge on any atom is 0.321 e. The van der Waals surface area contributed by atoms with Gasteiger partial charge in [0.2, 0.25) is 10.0 Å². The molecule has 6 nitrogen and oxygen atoms in total. The lowest BCUT2D eigenvalue weighted by Gasteiger charge is -2.14. The van der Waals surface area contributed by atoms with E-state index in [4.69, 9.17) is 9.84 Å². The van der Waals surface area contributed by atoms with Crippen LogP contribution in [0, 0.1) is 6.92 Å². The highest BCUT2D eigenvalue weighted by Gasteiger charge is 2.27. The molecule has 0 aliphatic heterocycles. The second-order valence-corrected chi connectivity index (χ2v) is 8.44.